The molecule has 3 aromatic heterocycles. The number of rotatable bonds is 1. The molecule has 0 saturated heterocycles. The highest BCUT2D eigenvalue weighted by Crippen LogP contribution is 2.18. The van der Waals surface area contributed by atoms with Crippen LogP contribution in [0, 0.1) is 0 Å². The molecule has 3 aromatic rings. The van der Waals surface area contributed by atoms with Crippen molar-refractivity contribution in [3.63, 3.8) is 0 Å². The molecule has 0 spiro atoms. The summed E-state index contributed by atoms with van der Waals surface area (Å²) in [7, 11) is 0. The lowest BCUT2D eigenvalue weighted by molar-refractivity contribution is 0.865. The van der Waals surface area contributed by atoms with E-state index in [-0.39, 0.29) is 0 Å². The van der Waals surface area contributed by atoms with Gasteiger partial charge in [0.1, 0.15) is 23.7 Å². The first-order valence-electron chi connectivity index (χ1n) is 4.57. The van der Waals surface area contributed by atoms with Crippen molar-refractivity contribution < 1.29 is 0 Å². The van der Waals surface area contributed by atoms with Crippen LogP contribution in [0.2, 0.25) is 0 Å². The van der Waals surface area contributed by atoms with Crippen LogP contribution in [-0.2, 0) is 0 Å². The summed E-state index contributed by atoms with van der Waals surface area (Å²) in [6, 6.07) is 1.74. The van der Waals surface area contributed by atoms with E-state index < -0.39 is 0 Å². The molecule has 0 fully saturated rings. The highest BCUT2D eigenvalue weighted by molar-refractivity contribution is 5.84. The Morgan fingerprint density at radius 3 is 2.88 bits per heavy atom. The molecule has 0 amide bonds. The fraction of sp³-hybridized carbons (Fsp3) is 0. The minimum absolute atomic E-state index is 0.376. The minimum atomic E-state index is 0.376. The molecule has 2 N–H and O–H groups in total. The summed E-state index contributed by atoms with van der Waals surface area (Å²) in [5.41, 5.74) is 7.12. The van der Waals surface area contributed by atoms with E-state index in [0.717, 1.165) is 0 Å². The van der Waals surface area contributed by atoms with Gasteiger partial charge >= 0.3 is 0 Å². The highest BCUT2D eigenvalue weighted by Gasteiger charge is 2.09. The first-order chi connectivity index (χ1) is 7.86. The van der Waals surface area contributed by atoms with E-state index in [1.807, 2.05) is 0 Å². The number of fused-ring (bicyclic) bond motifs is 1. The van der Waals surface area contributed by atoms with Gasteiger partial charge in [0, 0.05) is 12.3 Å². The summed E-state index contributed by atoms with van der Waals surface area (Å²) in [6.07, 6.45) is 6.11. The van der Waals surface area contributed by atoms with Crippen LogP contribution < -0.4 is 5.73 Å². The monoisotopic (exact) mass is 213 g/mol. The SMILES string of the molecule is Nc1ncnc2cnn(-c3ccncn3)c12. The summed E-state index contributed by atoms with van der Waals surface area (Å²) in [4.78, 5) is 15.9. The molecule has 0 atom stereocenters. The molecule has 3 rings (SSSR count). The quantitative estimate of drug-likeness (QED) is 0.619. The van der Waals surface area contributed by atoms with E-state index in [0.29, 0.717) is 22.7 Å². The van der Waals surface area contributed by atoms with Crippen LogP contribution in [0.15, 0.2) is 31.1 Å². The molecule has 78 valence electrons. The van der Waals surface area contributed by atoms with Gasteiger partial charge in [-0.1, -0.05) is 0 Å². The Morgan fingerprint density at radius 1 is 1.12 bits per heavy atom. The van der Waals surface area contributed by atoms with E-state index >= 15 is 0 Å². The third kappa shape index (κ3) is 1.18. The maximum absolute atomic E-state index is 5.78. The predicted octanol–water partition coefficient (Wildman–Crippen LogP) is 0.188. The van der Waals surface area contributed by atoms with Crippen LogP contribution in [0.25, 0.3) is 16.9 Å². The van der Waals surface area contributed by atoms with Crippen molar-refractivity contribution >= 4 is 16.9 Å². The number of anilines is 1. The Labute approximate surface area is 90.0 Å². The van der Waals surface area contributed by atoms with Crippen molar-refractivity contribution in [3.05, 3.63) is 31.1 Å². The smallest absolute Gasteiger partial charge is 0.157 e. The van der Waals surface area contributed by atoms with Crippen LogP contribution >= 0.6 is 0 Å². The number of hydrogen-bond donors (Lipinski definition) is 1. The van der Waals surface area contributed by atoms with E-state index in [1.165, 1.54) is 12.7 Å². The molecule has 0 unspecified atom stereocenters. The normalized spacial score (nSPS) is 10.8. The summed E-state index contributed by atoms with van der Waals surface area (Å²) in [5, 5.41) is 4.17. The third-order valence-electron chi connectivity index (χ3n) is 2.17. The average molecular weight is 213 g/mol. The fourth-order valence-electron chi connectivity index (χ4n) is 1.47. The number of aromatic nitrogens is 6. The van der Waals surface area contributed by atoms with E-state index in [1.54, 1.807) is 23.1 Å². The van der Waals surface area contributed by atoms with Crippen LogP contribution in [-0.4, -0.2) is 29.7 Å². The van der Waals surface area contributed by atoms with Crippen molar-refractivity contribution in [1.82, 2.24) is 29.7 Å². The van der Waals surface area contributed by atoms with E-state index in [2.05, 4.69) is 25.0 Å². The molecule has 3 heterocycles. The van der Waals surface area contributed by atoms with Crippen LogP contribution in [0.4, 0.5) is 5.82 Å². The highest BCUT2D eigenvalue weighted by atomic mass is 15.3. The fourth-order valence-corrected chi connectivity index (χ4v) is 1.47. The second-order valence-electron chi connectivity index (χ2n) is 3.12. The van der Waals surface area contributed by atoms with Gasteiger partial charge in [-0.2, -0.15) is 5.10 Å². The van der Waals surface area contributed by atoms with Gasteiger partial charge in [-0.15, -0.1) is 0 Å². The number of hydrogen-bond acceptors (Lipinski definition) is 6. The molecule has 0 radical (unpaired) electrons. The second-order valence-corrected chi connectivity index (χ2v) is 3.12. The van der Waals surface area contributed by atoms with Gasteiger partial charge in [0.15, 0.2) is 11.6 Å². The van der Waals surface area contributed by atoms with Gasteiger partial charge in [0.2, 0.25) is 0 Å². The summed E-state index contributed by atoms with van der Waals surface area (Å²) in [6.45, 7) is 0. The van der Waals surface area contributed by atoms with Crippen molar-refractivity contribution in [2.75, 3.05) is 5.73 Å². The average Bonchev–Trinajstić information content (AvgIpc) is 2.75. The zero-order valence-electron chi connectivity index (χ0n) is 8.15. The summed E-state index contributed by atoms with van der Waals surface area (Å²) >= 11 is 0. The van der Waals surface area contributed by atoms with Gasteiger partial charge in [-0.05, 0) is 0 Å². The van der Waals surface area contributed by atoms with Crippen molar-refractivity contribution in [1.29, 1.82) is 0 Å². The summed E-state index contributed by atoms with van der Waals surface area (Å²) < 4.78 is 1.59. The molecule has 0 aliphatic rings. The maximum atomic E-state index is 5.78. The molecule has 16 heavy (non-hydrogen) atoms. The Hall–Kier alpha value is -2.57. The summed E-state index contributed by atoms with van der Waals surface area (Å²) in [5.74, 6) is 1.01. The molecule has 0 saturated carbocycles. The lowest BCUT2D eigenvalue weighted by Gasteiger charge is -2.02. The van der Waals surface area contributed by atoms with Crippen molar-refractivity contribution in [2.24, 2.45) is 0 Å². The predicted molar refractivity (Wildman–Crippen MR) is 56.7 cm³/mol. The van der Waals surface area contributed by atoms with Crippen LogP contribution in [0.1, 0.15) is 0 Å². The van der Waals surface area contributed by atoms with Gasteiger partial charge in [-0.3, -0.25) is 0 Å². The van der Waals surface area contributed by atoms with Crippen molar-refractivity contribution in [3.8, 4) is 5.82 Å². The molecule has 7 heteroatoms. The molecule has 0 aliphatic heterocycles. The zero-order valence-corrected chi connectivity index (χ0v) is 8.15. The Morgan fingerprint density at radius 2 is 2.06 bits per heavy atom. The lowest BCUT2D eigenvalue weighted by Crippen LogP contribution is -2.02. The second kappa shape index (κ2) is 3.23. The lowest BCUT2D eigenvalue weighted by atomic mass is 10.4. The van der Waals surface area contributed by atoms with E-state index in [4.69, 9.17) is 5.73 Å². The Balaban J connectivity index is 2.33. The standard InChI is InChI=1S/C9H7N7/c10-9-8-6(12-5-14-9)3-15-16(8)7-1-2-11-4-13-7/h1-5H,(H2,10,12,14). The van der Waals surface area contributed by atoms with Crippen molar-refractivity contribution in [2.45, 2.75) is 0 Å². The van der Waals surface area contributed by atoms with Gasteiger partial charge in [0.25, 0.3) is 0 Å². The molecule has 7 nitrogen and oxygen atoms in total. The topological polar surface area (TPSA) is 95.4 Å². The molecular weight excluding hydrogens is 206 g/mol. The van der Waals surface area contributed by atoms with Gasteiger partial charge in [0.05, 0.1) is 6.20 Å². The molecule has 0 bridgehead atoms. The number of nitrogen functional groups attached to an aromatic ring is 1. The zero-order chi connectivity index (χ0) is 11.0. The van der Waals surface area contributed by atoms with Crippen LogP contribution in [0.3, 0.4) is 0 Å². The Bertz CT molecular complexity index is 631. The van der Waals surface area contributed by atoms with Gasteiger partial charge in [-0.25, -0.2) is 24.6 Å². The molecular formula is C9H7N7. The number of nitrogens with zero attached hydrogens (tertiary/aromatic N) is 6. The molecule has 0 aliphatic carbocycles. The van der Waals surface area contributed by atoms with E-state index in [9.17, 15) is 0 Å². The molecule has 0 aromatic carbocycles. The Kier molecular flexibility index (Phi) is 1.76. The first-order valence-corrected chi connectivity index (χ1v) is 4.57. The first kappa shape index (κ1) is 8.72. The minimum Gasteiger partial charge on any atom is -0.382 e. The largest absolute Gasteiger partial charge is 0.382 e. The third-order valence-corrected chi connectivity index (χ3v) is 2.17. The van der Waals surface area contributed by atoms with Gasteiger partial charge < -0.3 is 5.73 Å². The maximum Gasteiger partial charge on any atom is 0.157 e. The number of nitrogens with two attached hydrogens (primary N) is 1. The van der Waals surface area contributed by atoms with Crippen LogP contribution in [0.5, 0.6) is 0 Å².